The van der Waals surface area contributed by atoms with Gasteiger partial charge in [0.1, 0.15) is 11.1 Å². The largest absolute Gasteiger partial charge is 0.444 e. The second kappa shape index (κ2) is 8.07. The van der Waals surface area contributed by atoms with Gasteiger partial charge in [-0.1, -0.05) is 0 Å². The van der Waals surface area contributed by atoms with Crippen LogP contribution in [-0.4, -0.2) is 54.1 Å². The fraction of sp³-hybridized carbons (Fsp3) is 0.440. The third-order valence-corrected chi connectivity index (χ3v) is 6.15. The first-order chi connectivity index (χ1) is 16.1. The monoisotopic (exact) mass is 464 g/mol. The summed E-state index contributed by atoms with van der Waals surface area (Å²) in [6.07, 6.45) is 4.90. The van der Waals surface area contributed by atoms with Gasteiger partial charge >= 0.3 is 6.09 Å². The molecular weight excluding hydrogens is 435 g/mol. The van der Waals surface area contributed by atoms with Crippen molar-refractivity contribution in [2.24, 2.45) is 0 Å². The molecule has 178 valence electrons. The Morgan fingerprint density at radius 1 is 1.09 bits per heavy atom. The summed E-state index contributed by atoms with van der Waals surface area (Å²) in [6, 6.07) is 5.48. The molecular formula is C25H29FN6O2. The molecule has 1 saturated heterocycles. The Hall–Kier alpha value is -3.49. The molecule has 0 N–H and O–H groups in total. The van der Waals surface area contributed by atoms with Crippen LogP contribution in [0.5, 0.6) is 0 Å². The molecule has 1 amide bonds. The normalized spacial score (nSPS) is 15.4. The number of carbonyl (C=O) groups excluding carboxylic acids is 1. The minimum atomic E-state index is -0.517. The van der Waals surface area contributed by atoms with E-state index in [-0.39, 0.29) is 17.8 Å². The molecule has 4 heterocycles. The van der Waals surface area contributed by atoms with Gasteiger partial charge in [-0.05, 0) is 82.7 Å². The molecule has 1 aromatic carbocycles. The number of likely N-dealkylation sites (tertiary alicyclic amines) is 1. The number of rotatable bonds is 2. The SMILES string of the molecule is Cc1cn2nc(-n3cc4cc(C5CCN(C(=O)OC(C)(C)C)CC5)cc(F)c4n3)cc(C)c2n1. The first kappa shape index (κ1) is 22.3. The number of hydrogen-bond acceptors (Lipinski definition) is 5. The number of aryl methyl sites for hydroxylation is 2. The van der Waals surface area contributed by atoms with Gasteiger partial charge in [-0.15, -0.1) is 5.10 Å². The van der Waals surface area contributed by atoms with Gasteiger partial charge in [-0.2, -0.15) is 5.10 Å². The van der Waals surface area contributed by atoms with Crippen LogP contribution in [0.15, 0.2) is 30.6 Å². The maximum atomic E-state index is 15.1. The van der Waals surface area contributed by atoms with Crippen LogP contribution in [0.3, 0.4) is 0 Å². The van der Waals surface area contributed by atoms with Crippen LogP contribution in [0.2, 0.25) is 0 Å². The second-order valence-corrected chi connectivity index (χ2v) is 10.1. The minimum Gasteiger partial charge on any atom is -0.444 e. The number of hydrogen-bond donors (Lipinski definition) is 0. The third-order valence-electron chi connectivity index (χ3n) is 6.15. The average Bonchev–Trinajstić information content (AvgIpc) is 3.36. The maximum Gasteiger partial charge on any atom is 0.410 e. The molecule has 9 heteroatoms. The fourth-order valence-corrected chi connectivity index (χ4v) is 4.53. The third kappa shape index (κ3) is 4.22. The van der Waals surface area contributed by atoms with Crippen molar-refractivity contribution >= 4 is 22.6 Å². The van der Waals surface area contributed by atoms with E-state index < -0.39 is 5.60 Å². The number of aromatic nitrogens is 5. The van der Waals surface area contributed by atoms with Crippen molar-refractivity contribution in [2.45, 2.75) is 59.0 Å². The molecule has 0 spiro atoms. The van der Waals surface area contributed by atoms with Gasteiger partial charge in [0.2, 0.25) is 0 Å². The quantitative estimate of drug-likeness (QED) is 0.420. The van der Waals surface area contributed by atoms with Crippen LogP contribution in [0.4, 0.5) is 9.18 Å². The molecule has 0 atom stereocenters. The molecule has 0 radical (unpaired) electrons. The summed E-state index contributed by atoms with van der Waals surface area (Å²) < 4.78 is 23.9. The van der Waals surface area contributed by atoms with Crippen LogP contribution in [0.25, 0.3) is 22.4 Å². The van der Waals surface area contributed by atoms with Crippen LogP contribution in [0.1, 0.15) is 56.4 Å². The lowest BCUT2D eigenvalue weighted by Gasteiger charge is -2.33. The zero-order valence-corrected chi connectivity index (χ0v) is 20.2. The number of amides is 1. The van der Waals surface area contributed by atoms with E-state index in [0.717, 1.165) is 40.7 Å². The van der Waals surface area contributed by atoms with Gasteiger partial charge in [-0.3, -0.25) is 0 Å². The molecule has 0 unspecified atom stereocenters. The highest BCUT2D eigenvalue weighted by Gasteiger charge is 2.28. The summed E-state index contributed by atoms with van der Waals surface area (Å²) in [7, 11) is 0. The van der Waals surface area contributed by atoms with Gasteiger partial charge in [0.25, 0.3) is 0 Å². The highest BCUT2D eigenvalue weighted by atomic mass is 19.1. The number of benzene rings is 1. The second-order valence-electron chi connectivity index (χ2n) is 10.1. The Bertz CT molecular complexity index is 1390. The molecule has 0 aliphatic carbocycles. The first-order valence-corrected chi connectivity index (χ1v) is 11.6. The van der Waals surface area contributed by atoms with E-state index in [1.807, 2.05) is 59.1 Å². The maximum absolute atomic E-state index is 15.1. The van der Waals surface area contributed by atoms with Gasteiger partial charge in [0, 0.05) is 24.7 Å². The van der Waals surface area contributed by atoms with Crippen LogP contribution >= 0.6 is 0 Å². The van der Waals surface area contributed by atoms with Gasteiger partial charge in [-0.25, -0.2) is 23.4 Å². The Kier molecular flexibility index (Phi) is 5.30. The van der Waals surface area contributed by atoms with E-state index in [1.165, 1.54) is 0 Å². The summed E-state index contributed by atoms with van der Waals surface area (Å²) in [4.78, 5) is 18.6. The number of fused-ring (bicyclic) bond motifs is 2. The lowest BCUT2D eigenvalue weighted by Crippen LogP contribution is -2.41. The fourth-order valence-electron chi connectivity index (χ4n) is 4.53. The van der Waals surface area contributed by atoms with Crippen LogP contribution < -0.4 is 0 Å². The summed E-state index contributed by atoms with van der Waals surface area (Å²) in [6.45, 7) is 10.7. The van der Waals surface area contributed by atoms with Crippen molar-refractivity contribution < 1.29 is 13.9 Å². The molecule has 34 heavy (non-hydrogen) atoms. The summed E-state index contributed by atoms with van der Waals surface area (Å²) in [5.41, 5.74) is 3.37. The van der Waals surface area contributed by atoms with Crippen LogP contribution in [-0.2, 0) is 4.74 Å². The zero-order chi connectivity index (χ0) is 24.2. The van der Waals surface area contributed by atoms with E-state index in [1.54, 1.807) is 20.2 Å². The lowest BCUT2D eigenvalue weighted by molar-refractivity contribution is 0.0205. The minimum absolute atomic E-state index is 0.173. The zero-order valence-electron chi connectivity index (χ0n) is 20.2. The predicted molar refractivity (Wildman–Crippen MR) is 127 cm³/mol. The van der Waals surface area contributed by atoms with E-state index in [0.29, 0.717) is 24.4 Å². The van der Waals surface area contributed by atoms with Crippen molar-refractivity contribution in [3.8, 4) is 5.82 Å². The number of nitrogens with zero attached hydrogens (tertiary/aromatic N) is 6. The van der Waals surface area contributed by atoms with Gasteiger partial charge < -0.3 is 9.64 Å². The van der Waals surface area contributed by atoms with E-state index in [9.17, 15) is 4.79 Å². The summed E-state index contributed by atoms with van der Waals surface area (Å²) in [5, 5.41) is 9.79. The highest BCUT2D eigenvalue weighted by Crippen LogP contribution is 2.32. The van der Waals surface area contributed by atoms with Crippen molar-refractivity contribution in [3.05, 3.63) is 53.2 Å². The van der Waals surface area contributed by atoms with Crippen molar-refractivity contribution in [1.29, 1.82) is 0 Å². The number of ether oxygens (including phenoxy) is 1. The average molecular weight is 465 g/mol. The summed E-state index contributed by atoms with van der Waals surface area (Å²) >= 11 is 0. The molecule has 4 aromatic rings. The molecule has 5 rings (SSSR count). The standard InChI is InChI=1S/C25H29FN6O2/c1-15-10-21(28-32-13-16(2)27-23(15)32)31-14-19-11-18(12-20(26)22(19)29-31)17-6-8-30(9-7-17)24(33)34-25(3,4)5/h10-14,17H,6-9H2,1-5H3. The topological polar surface area (TPSA) is 77.5 Å². The lowest BCUT2D eigenvalue weighted by atomic mass is 9.89. The molecule has 1 aliphatic rings. The number of piperidine rings is 1. The number of carbonyl (C=O) groups is 1. The Labute approximate surface area is 197 Å². The highest BCUT2D eigenvalue weighted by molar-refractivity contribution is 5.80. The number of imidazole rings is 1. The molecule has 1 aliphatic heterocycles. The molecule has 1 fully saturated rings. The van der Waals surface area contributed by atoms with Crippen molar-refractivity contribution in [3.63, 3.8) is 0 Å². The van der Waals surface area contributed by atoms with E-state index in [4.69, 9.17) is 4.74 Å². The van der Waals surface area contributed by atoms with Crippen LogP contribution in [0, 0.1) is 19.7 Å². The molecule has 0 bridgehead atoms. The smallest absolute Gasteiger partial charge is 0.410 e. The Morgan fingerprint density at radius 3 is 2.53 bits per heavy atom. The Morgan fingerprint density at radius 2 is 1.82 bits per heavy atom. The van der Waals surface area contributed by atoms with Gasteiger partial charge in [0.15, 0.2) is 17.3 Å². The van der Waals surface area contributed by atoms with Crippen molar-refractivity contribution in [1.82, 2.24) is 29.3 Å². The molecule has 3 aromatic heterocycles. The Balaban J connectivity index is 1.39. The first-order valence-electron chi connectivity index (χ1n) is 11.6. The molecule has 0 saturated carbocycles. The molecule has 8 nitrogen and oxygen atoms in total. The predicted octanol–water partition coefficient (Wildman–Crippen LogP) is 4.94. The van der Waals surface area contributed by atoms with E-state index >= 15 is 4.39 Å². The van der Waals surface area contributed by atoms with E-state index in [2.05, 4.69) is 15.2 Å². The van der Waals surface area contributed by atoms with Gasteiger partial charge in [0.05, 0.1) is 11.9 Å². The van der Waals surface area contributed by atoms with Crippen molar-refractivity contribution in [2.75, 3.05) is 13.1 Å². The summed E-state index contributed by atoms with van der Waals surface area (Å²) in [5.74, 6) is 0.425. The number of halogens is 1.